The van der Waals surface area contributed by atoms with Gasteiger partial charge in [-0.15, -0.1) is 0 Å². The van der Waals surface area contributed by atoms with E-state index >= 15 is 0 Å². The minimum atomic E-state index is -1.28. The van der Waals surface area contributed by atoms with Crippen molar-refractivity contribution >= 4 is 39.8 Å². The van der Waals surface area contributed by atoms with Gasteiger partial charge in [0.05, 0.1) is 28.2 Å². The Morgan fingerprint density at radius 3 is 2.82 bits per heavy atom. The molecular weight excluding hydrogens is 444 g/mol. The number of aromatic nitrogens is 2. The van der Waals surface area contributed by atoms with Crippen molar-refractivity contribution in [3.8, 4) is 5.75 Å². The monoisotopic (exact) mass is 468 g/mol. The zero-order valence-electron chi connectivity index (χ0n) is 18.1. The van der Waals surface area contributed by atoms with E-state index in [1.807, 2.05) is 22.8 Å². The van der Waals surface area contributed by atoms with Crippen LogP contribution in [0.3, 0.4) is 0 Å². The van der Waals surface area contributed by atoms with Gasteiger partial charge in [0.25, 0.3) is 0 Å². The average molecular weight is 469 g/mol. The Balaban J connectivity index is 1.61. The summed E-state index contributed by atoms with van der Waals surface area (Å²) in [5.41, 5.74) is 7.26. The Morgan fingerprint density at radius 1 is 1.33 bits per heavy atom. The molecule has 1 aliphatic carbocycles. The van der Waals surface area contributed by atoms with E-state index in [1.54, 1.807) is 6.20 Å². The van der Waals surface area contributed by atoms with Gasteiger partial charge >= 0.3 is 5.97 Å². The van der Waals surface area contributed by atoms with Crippen LogP contribution < -0.4 is 21.2 Å². The first-order chi connectivity index (χ1) is 15.9. The number of nitrogen functional groups attached to an aromatic ring is 1. The summed E-state index contributed by atoms with van der Waals surface area (Å²) < 4.78 is 8.09. The number of ether oxygens (including phenoxy) is 1. The molecule has 1 saturated carbocycles. The highest BCUT2D eigenvalue weighted by Crippen LogP contribution is 2.51. The Morgan fingerprint density at radius 2 is 2.15 bits per heavy atom. The van der Waals surface area contributed by atoms with Crippen molar-refractivity contribution < 1.29 is 14.6 Å². The molecule has 1 aromatic carbocycles. The number of halogens is 1. The highest BCUT2D eigenvalue weighted by molar-refractivity contribution is 6.38. The predicted molar refractivity (Wildman–Crippen MR) is 128 cm³/mol. The minimum absolute atomic E-state index is 0.0736. The maximum absolute atomic E-state index is 13.1. The lowest BCUT2D eigenvalue weighted by Crippen LogP contribution is -2.42. The highest BCUT2D eigenvalue weighted by atomic mass is 35.5. The molecule has 9 heteroatoms. The fourth-order valence-electron chi connectivity index (χ4n) is 4.94. The summed E-state index contributed by atoms with van der Waals surface area (Å²) in [7, 11) is 0. The van der Waals surface area contributed by atoms with Crippen LogP contribution in [0.4, 0.5) is 11.4 Å². The van der Waals surface area contributed by atoms with Crippen molar-refractivity contribution in [2.45, 2.75) is 44.1 Å². The topological polar surface area (TPSA) is 119 Å². The van der Waals surface area contributed by atoms with Crippen molar-refractivity contribution in [1.29, 1.82) is 0 Å². The number of pyridine rings is 2. The number of carboxylic acids is 1. The van der Waals surface area contributed by atoms with E-state index in [-0.39, 0.29) is 27.2 Å². The molecule has 0 amide bonds. The van der Waals surface area contributed by atoms with Crippen LogP contribution in [0.2, 0.25) is 5.02 Å². The first-order valence-corrected chi connectivity index (χ1v) is 11.5. The molecule has 3 heterocycles. The Labute approximate surface area is 195 Å². The normalized spacial score (nSPS) is 16.2. The second kappa shape index (κ2) is 8.26. The van der Waals surface area contributed by atoms with Crippen LogP contribution >= 0.6 is 11.6 Å². The minimum Gasteiger partial charge on any atom is -0.489 e. The molecule has 33 heavy (non-hydrogen) atoms. The Hall–Kier alpha value is -3.26. The number of carbonyl (C=O) groups is 1. The Kier molecular flexibility index (Phi) is 5.40. The van der Waals surface area contributed by atoms with Crippen LogP contribution in [0.25, 0.3) is 10.9 Å². The van der Waals surface area contributed by atoms with E-state index in [2.05, 4.69) is 10.3 Å². The second-order valence-corrected chi connectivity index (χ2v) is 9.11. The number of nitrogens with one attached hydrogen (secondary N) is 1. The van der Waals surface area contributed by atoms with Crippen LogP contribution in [0.15, 0.2) is 35.4 Å². The van der Waals surface area contributed by atoms with Crippen molar-refractivity contribution in [3.05, 3.63) is 57.1 Å². The van der Waals surface area contributed by atoms with Gasteiger partial charge in [0.1, 0.15) is 11.3 Å². The molecule has 5 rings (SSSR count). The molecule has 2 aromatic heterocycles. The highest BCUT2D eigenvalue weighted by Gasteiger charge is 2.42. The molecule has 1 spiro atoms. The Bertz CT molecular complexity index is 1300. The summed E-state index contributed by atoms with van der Waals surface area (Å²) in [4.78, 5) is 29.3. The van der Waals surface area contributed by atoms with E-state index in [4.69, 9.17) is 22.1 Å². The summed E-state index contributed by atoms with van der Waals surface area (Å²) in [5.74, 6) is -0.820. The summed E-state index contributed by atoms with van der Waals surface area (Å²) >= 11 is 6.63. The second-order valence-electron chi connectivity index (χ2n) is 8.73. The van der Waals surface area contributed by atoms with Gasteiger partial charge in [0, 0.05) is 36.6 Å². The van der Waals surface area contributed by atoms with Gasteiger partial charge < -0.3 is 25.5 Å². The SMILES string of the molecule is Nc1c(Cl)c(NCCCc2ccccn2)c2c3c1c(=O)c(C(=O)O)cn3C1(CCC1)CCO2. The first-order valence-electron chi connectivity index (χ1n) is 11.1. The number of aryl methyl sites for hydroxylation is 1. The number of fused-ring (bicyclic) bond motifs is 1. The third-order valence-electron chi connectivity index (χ3n) is 6.85. The summed E-state index contributed by atoms with van der Waals surface area (Å²) in [6.45, 7) is 1.04. The molecule has 0 saturated heterocycles. The van der Waals surface area contributed by atoms with Crippen molar-refractivity contribution in [2.24, 2.45) is 0 Å². The van der Waals surface area contributed by atoms with Crippen LogP contribution in [-0.4, -0.2) is 33.8 Å². The summed E-state index contributed by atoms with van der Waals surface area (Å²) in [6, 6.07) is 5.82. The molecule has 2 aliphatic rings. The molecule has 0 bridgehead atoms. The lowest BCUT2D eigenvalue weighted by molar-refractivity contribution is 0.0691. The van der Waals surface area contributed by atoms with Crippen LogP contribution in [0.5, 0.6) is 5.75 Å². The molecular formula is C24H25ClN4O4. The van der Waals surface area contributed by atoms with E-state index in [1.165, 1.54) is 6.20 Å². The molecule has 3 aromatic rings. The number of carboxylic acid groups (broad SMARTS) is 1. The third-order valence-corrected chi connectivity index (χ3v) is 7.24. The fourth-order valence-corrected chi connectivity index (χ4v) is 5.19. The molecule has 8 nitrogen and oxygen atoms in total. The lowest BCUT2D eigenvalue weighted by atomic mass is 9.74. The number of anilines is 2. The quantitative estimate of drug-likeness (QED) is 0.369. The van der Waals surface area contributed by atoms with Gasteiger partial charge in [-0.05, 0) is 44.2 Å². The van der Waals surface area contributed by atoms with Crippen molar-refractivity contribution in [2.75, 3.05) is 24.2 Å². The smallest absolute Gasteiger partial charge is 0.341 e. The first kappa shape index (κ1) is 21.6. The number of hydrogen-bond acceptors (Lipinski definition) is 6. The van der Waals surface area contributed by atoms with Gasteiger partial charge in [-0.25, -0.2) is 4.79 Å². The third kappa shape index (κ3) is 3.49. The zero-order valence-corrected chi connectivity index (χ0v) is 18.8. The molecule has 0 radical (unpaired) electrons. The van der Waals surface area contributed by atoms with Gasteiger partial charge in [0.2, 0.25) is 5.43 Å². The summed E-state index contributed by atoms with van der Waals surface area (Å²) in [5, 5.41) is 13.3. The number of nitrogens with two attached hydrogens (primary N) is 1. The van der Waals surface area contributed by atoms with E-state index in [0.29, 0.717) is 30.1 Å². The van der Waals surface area contributed by atoms with Crippen molar-refractivity contribution in [3.63, 3.8) is 0 Å². The van der Waals surface area contributed by atoms with Crippen LogP contribution in [-0.2, 0) is 12.0 Å². The molecule has 0 atom stereocenters. The largest absolute Gasteiger partial charge is 0.489 e. The number of aromatic carboxylic acids is 1. The maximum Gasteiger partial charge on any atom is 0.341 e. The van der Waals surface area contributed by atoms with Gasteiger partial charge in [-0.3, -0.25) is 9.78 Å². The fraction of sp³-hybridized carbons (Fsp3) is 0.375. The number of hydrogen-bond donors (Lipinski definition) is 3. The maximum atomic E-state index is 13.1. The number of benzene rings is 1. The number of rotatable bonds is 6. The van der Waals surface area contributed by atoms with E-state index < -0.39 is 11.4 Å². The van der Waals surface area contributed by atoms with Gasteiger partial charge in [0.15, 0.2) is 5.75 Å². The van der Waals surface area contributed by atoms with Crippen LogP contribution in [0, 0.1) is 0 Å². The van der Waals surface area contributed by atoms with Gasteiger partial charge in [-0.2, -0.15) is 0 Å². The molecule has 1 aliphatic heterocycles. The number of nitrogens with zero attached hydrogens (tertiary/aromatic N) is 2. The average Bonchev–Trinajstić information content (AvgIpc) is 2.95. The summed E-state index contributed by atoms with van der Waals surface area (Å²) in [6.07, 6.45) is 8.36. The van der Waals surface area contributed by atoms with E-state index in [9.17, 15) is 14.7 Å². The van der Waals surface area contributed by atoms with Crippen LogP contribution in [0.1, 0.15) is 48.2 Å². The molecule has 4 N–H and O–H groups in total. The standard InChI is InChI=1S/C24H25ClN4O4/c25-17-18(26)16-20-22(19(17)28-11-3-6-14-5-1-2-10-27-14)33-12-9-24(7-4-8-24)29(20)13-15(21(16)30)23(31)32/h1-2,5,10,13,28H,3-4,6-9,11-12,26H2,(H,31,32). The molecule has 1 fully saturated rings. The lowest BCUT2D eigenvalue weighted by Gasteiger charge is -2.44. The zero-order chi connectivity index (χ0) is 23.2. The molecule has 172 valence electrons. The predicted octanol–water partition coefficient (Wildman–Crippen LogP) is 4.04. The van der Waals surface area contributed by atoms with Crippen molar-refractivity contribution in [1.82, 2.24) is 9.55 Å². The molecule has 0 unspecified atom stereocenters. The van der Waals surface area contributed by atoms with E-state index in [0.717, 1.165) is 44.2 Å². The van der Waals surface area contributed by atoms with Gasteiger partial charge in [-0.1, -0.05) is 17.7 Å².